The highest BCUT2D eigenvalue weighted by Gasteiger charge is 2.23. The van der Waals surface area contributed by atoms with E-state index in [2.05, 4.69) is 11.1 Å². The third kappa shape index (κ3) is 2.05. The average Bonchev–Trinajstić information content (AvgIpc) is 2.68. The van der Waals surface area contributed by atoms with Crippen LogP contribution in [0.1, 0.15) is 28.9 Å². The van der Waals surface area contributed by atoms with Crippen LogP contribution >= 0.6 is 0 Å². The Labute approximate surface area is 112 Å². The molecule has 0 spiro atoms. The van der Waals surface area contributed by atoms with Crippen LogP contribution in [-0.2, 0) is 6.42 Å². The van der Waals surface area contributed by atoms with Crippen molar-refractivity contribution in [3.05, 3.63) is 47.3 Å². The van der Waals surface area contributed by atoms with E-state index >= 15 is 0 Å². The molecule has 0 radical (unpaired) electrons. The number of hydrogen-bond donors (Lipinski definition) is 1. The largest absolute Gasteiger partial charge is 0.383 e. The van der Waals surface area contributed by atoms with Gasteiger partial charge in [0.25, 0.3) is 0 Å². The van der Waals surface area contributed by atoms with E-state index in [0.29, 0.717) is 0 Å². The maximum Gasteiger partial charge on any atom is 0.206 e. The molecule has 0 atom stereocenters. The summed E-state index contributed by atoms with van der Waals surface area (Å²) in [4.78, 5) is 17.9. The van der Waals surface area contributed by atoms with E-state index in [1.807, 2.05) is 43.4 Å². The Hall–Kier alpha value is -2.03. The maximum atomic E-state index is 12.6. The molecule has 3 heteroatoms. The van der Waals surface area contributed by atoms with Crippen LogP contribution < -0.4 is 0 Å². The first kappa shape index (κ1) is 12.0. The van der Waals surface area contributed by atoms with Crippen LogP contribution in [-0.4, -0.2) is 29.8 Å². The van der Waals surface area contributed by atoms with Gasteiger partial charge >= 0.3 is 0 Å². The van der Waals surface area contributed by atoms with Gasteiger partial charge in [0.05, 0.1) is 5.69 Å². The SMILES string of the molecule is CN(C)/C=C1/CCCc2c([nH]c3ccccc23)C1=O. The molecule has 1 aromatic carbocycles. The predicted octanol–water partition coefficient (Wildman–Crippen LogP) is 3.13. The summed E-state index contributed by atoms with van der Waals surface area (Å²) in [5, 5.41) is 1.19. The van der Waals surface area contributed by atoms with Crippen LogP contribution in [0.25, 0.3) is 10.9 Å². The molecule has 0 saturated heterocycles. The molecule has 0 saturated carbocycles. The fourth-order valence-electron chi connectivity index (χ4n) is 2.82. The fraction of sp³-hybridized carbons (Fsp3) is 0.312. The minimum absolute atomic E-state index is 0.150. The number of fused-ring (bicyclic) bond motifs is 3. The summed E-state index contributed by atoms with van der Waals surface area (Å²) in [5.41, 5.74) is 3.93. The van der Waals surface area contributed by atoms with E-state index in [9.17, 15) is 4.79 Å². The number of benzene rings is 1. The van der Waals surface area contributed by atoms with Crippen LogP contribution in [0.5, 0.6) is 0 Å². The monoisotopic (exact) mass is 254 g/mol. The number of aromatic nitrogens is 1. The van der Waals surface area contributed by atoms with E-state index in [1.54, 1.807) is 0 Å². The Balaban J connectivity index is 2.16. The molecule has 1 aliphatic carbocycles. The van der Waals surface area contributed by atoms with Gasteiger partial charge in [-0.15, -0.1) is 0 Å². The molecular formula is C16H18N2O. The van der Waals surface area contributed by atoms with E-state index in [4.69, 9.17) is 0 Å². The van der Waals surface area contributed by atoms with Gasteiger partial charge < -0.3 is 9.88 Å². The van der Waals surface area contributed by atoms with E-state index < -0.39 is 0 Å². The van der Waals surface area contributed by atoms with Crippen molar-refractivity contribution in [2.24, 2.45) is 0 Å². The molecule has 19 heavy (non-hydrogen) atoms. The lowest BCUT2D eigenvalue weighted by Gasteiger charge is -2.08. The molecule has 3 rings (SSSR count). The molecule has 0 aliphatic heterocycles. The van der Waals surface area contributed by atoms with Gasteiger partial charge in [-0.1, -0.05) is 18.2 Å². The minimum Gasteiger partial charge on any atom is -0.383 e. The van der Waals surface area contributed by atoms with Crippen molar-refractivity contribution in [3.8, 4) is 0 Å². The van der Waals surface area contributed by atoms with E-state index in [-0.39, 0.29) is 5.78 Å². The molecule has 98 valence electrons. The standard InChI is InChI=1S/C16H18N2O/c1-18(2)10-11-6-5-8-13-12-7-3-4-9-14(12)17-15(13)16(11)19/h3-4,7,9-10,17H,5-6,8H2,1-2H3/b11-10-. The van der Waals surface area contributed by atoms with Crippen molar-refractivity contribution >= 4 is 16.7 Å². The normalized spacial score (nSPS) is 17.6. The first-order valence-corrected chi connectivity index (χ1v) is 6.68. The Morgan fingerprint density at radius 3 is 2.79 bits per heavy atom. The predicted molar refractivity (Wildman–Crippen MR) is 77.3 cm³/mol. The second-order valence-corrected chi connectivity index (χ2v) is 5.32. The van der Waals surface area contributed by atoms with Crippen molar-refractivity contribution in [1.29, 1.82) is 0 Å². The van der Waals surface area contributed by atoms with Gasteiger partial charge in [0, 0.05) is 36.8 Å². The fourth-order valence-corrected chi connectivity index (χ4v) is 2.82. The summed E-state index contributed by atoms with van der Waals surface area (Å²) < 4.78 is 0. The molecular weight excluding hydrogens is 236 g/mol. The van der Waals surface area contributed by atoms with E-state index in [0.717, 1.165) is 36.0 Å². The number of para-hydroxylation sites is 1. The van der Waals surface area contributed by atoms with E-state index in [1.165, 1.54) is 10.9 Å². The van der Waals surface area contributed by atoms with Crippen LogP contribution in [0, 0.1) is 0 Å². The Morgan fingerprint density at radius 2 is 2.00 bits per heavy atom. The minimum atomic E-state index is 0.150. The number of Topliss-reactive ketones (excluding diaryl/α,β-unsaturated/α-hetero) is 1. The van der Waals surface area contributed by atoms with Crippen molar-refractivity contribution < 1.29 is 4.79 Å². The van der Waals surface area contributed by atoms with Crippen LogP contribution in [0.4, 0.5) is 0 Å². The number of ketones is 1. The van der Waals surface area contributed by atoms with Gasteiger partial charge in [-0.05, 0) is 30.9 Å². The molecule has 1 heterocycles. The molecule has 3 nitrogen and oxygen atoms in total. The van der Waals surface area contributed by atoms with Crippen LogP contribution in [0.2, 0.25) is 0 Å². The van der Waals surface area contributed by atoms with Gasteiger partial charge in [-0.25, -0.2) is 0 Å². The summed E-state index contributed by atoms with van der Waals surface area (Å²) in [6.07, 6.45) is 4.80. The van der Waals surface area contributed by atoms with Gasteiger partial charge in [0.2, 0.25) is 5.78 Å². The number of allylic oxidation sites excluding steroid dienone is 1. The lowest BCUT2D eigenvalue weighted by molar-refractivity contribution is 0.102. The lowest BCUT2D eigenvalue weighted by atomic mass is 10.1. The Morgan fingerprint density at radius 1 is 1.21 bits per heavy atom. The summed E-state index contributed by atoms with van der Waals surface area (Å²) in [6, 6.07) is 8.16. The average molecular weight is 254 g/mol. The second kappa shape index (κ2) is 4.57. The summed E-state index contributed by atoms with van der Waals surface area (Å²) in [7, 11) is 3.91. The first-order valence-electron chi connectivity index (χ1n) is 6.68. The number of H-pyrrole nitrogens is 1. The highest BCUT2D eigenvalue weighted by atomic mass is 16.1. The number of nitrogens with one attached hydrogen (secondary N) is 1. The third-order valence-electron chi connectivity index (χ3n) is 3.62. The summed E-state index contributed by atoms with van der Waals surface area (Å²) >= 11 is 0. The van der Waals surface area contributed by atoms with Crippen molar-refractivity contribution in [2.75, 3.05) is 14.1 Å². The zero-order valence-corrected chi connectivity index (χ0v) is 11.4. The zero-order valence-electron chi connectivity index (χ0n) is 11.4. The number of carbonyl (C=O) groups excluding carboxylic acids is 1. The molecule has 1 aliphatic rings. The number of aryl methyl sites for hydroxylation is 1. The Kier molecular flexibility index (Phi) is 2.90. The second-order valence-electron chi connectivity index (χ2n) is 5.32. The highest BCUT2D eigenvalue weighted by Crippen LogP contribution is 2.30. The maximum absolute atomic E-state index is 12.6. The topological polar surface area (TPSA) is 36.1 Å². The molecule has 0 bridgehead atoms. The van der Waals surface area contributed by atoms with Gasteiger partial charge in [-0.3, -0.25) is 4.79 Å². The van der Waals surface area contributed by atoms with Crippen LogP contribution in [0.3, 0.4) is 0 Å². The number of hydrogen-bond acceptors (Lipinski definition) is 2. The van der Waals surface area contributed by atoms with Crippen molar-refractivity contribution in [1.82, 2.24) is 9.88 Å². The first-order chi connectivity index (χ1) is 9.16. The molecule has 0 amide bonds. The smallest absolute Gasteiger partial charge is 0.206 e. The van der Waals surface area contributed by atoms with Gasteiger partial charge in [0.1, 0.15) is 0 Å². The quantitative estimate of drug-likeness (QED) is 0.627. The third-order valence-corrected chi connectivity index (χ3v) is 3.62. The summed E-state index contributed by atoms with van der Waals surface area (Å²) in [6.45, 7) is 0. The number of nitrogens with zero attached hydrogens (tertiary/aromatic N) is 1. The van der Waals surface area contributed by atoms with Crippen molar-refractivity contribution in [3.63, 3.8) is 0 Å². The summed E-state index contributed by atoms with van der Waals surface area (Å²) in [5.74, 6) is 0.150. The molecule has 2 aromatic rings. The Bertz CT molecular complexity index is 664. The molecule has 1 aromatic heterocycles. The molecule has 1 N–H and O–H groups in total. The van der Waals surface area contributed by atoms with Crippen molar-refractivity contribution in [2.45, 2.75) is 19.3 Å². The lowest BCUT2D eigenvalue weighted by Crippen LogP contribution is -2.09. The highest BCUT2D eigenvalue weighted by molar-refractivity contribution is 6.11. The van der Waals surface area contributed by atoms with Gasteiger partial charge in [-0.2, -0.15) is 0 Å². The molecule has 0 fully saturated rings. The molecule has 0 unspecified atom stereocenters. The number of rotatable bonds is 1. The van der Waals surface area contributed by atoms with Gasteiger partial charge in [0.15, 0.2) is 0 Å². The number of aromatic amines is 1. The van der Waals surface area contributed by atoms with Crippen LogP contribution in [0.15, 0.2) is 36.0 Å². The zero-order chi connectivity index (χ0) is 13.4. The number of carbonyl (C=O) groups is 1.